The third-order valence-electron chi connectivity index (χ3n) is 2.49. The normalized spacial score (nSPS) is 10.3. The second-order valence-corrected chi connectivity index (χ2v) is 4.06. The minimum Gasteiger partial charge on any atom is -0.461 e. The first-order chi connectivity index (χ1) is 9.10. The maximum absolute atomic E-state index is 11.7. The van der Waals surface area contributed by atoms with Gasteiger partial charge < -0.3 is 10.1 Å². The molecule has 106 valence electrons. The number of aromatic nitrogens is 3. The summed E-state index contributed by atoms with van der Waals surface area (Å²) < 4.78 is 6.59. The van der Waals surface area contributed by atoms with E-state index in [0.29, 0.717) is 26.1 Å². The Hall–Kier alpha value is -1.92. The molecule has 1 amide bonds. The van der Waals surface area contributed by atoms with Crippen molar-refractivity contribution in [2.75, 3.05) is 13.2 Å². The molecule has 7 nitrogen and oxygen atoms in total. The molecule has 0 saturated heterocycles. The number of rotatable bonds is 7. The van der Waals surface area contributed by atoms with E-state index in [0.717, 1.165) is 12.1 Å². The quantitative estimate of drug-likeness (QED) is 0.729. The summed E-state index contributed by atoms with van der Waals surface area (Å²) in [5.41, 5.74) is 1.03. The summed E-state index contributed by atoms with van der Waals surface area (Å²) >= 11 is 0. The van der Waals surface area contributed by atoms with Gasteiger partial charge in [0.25, 0.3) is 0 Å². The second kappa shape index (κ2) is 7.50. The molecule has 1 aromatic rings. The van der Waals surface area contributed by atoms with Crippen LogP contribution >= 0.6 is 0 Å². The van der Waals surface area contributed by atoms with E-state index in [1.54, 1.807) is 11.6 Å². The van der Waals surface area contributed by atoms with E-state index < -0.39 is 5.97 Å². The van der Waals surface area contributed by atoms with Crippen LogP contribution in [0.5, 0.6) is 0 Å². The predicted molar refractivity (Wildman–Crippen MR) is 68.7 cm³/mol. The van der Waals surface area contributed by atoms with Crippen LogP contribution in [-0.4, -0.2) is 40.0 Å². The highest BCUT2D eigenvalue weighted by Crippen LogP contribution is 2.10. The lowest BCUT2D eigenvalue weighted by molar-refractivity contribution is -0.119. The van der Waals surface area contributed by atoms with Crippen LogP contribution in [0, 0.1) is 0 Å². The molecule has 0 atom stereocenters. The lowest BCUT2D eigenvalue weighted by Gasteiger charge is -2.07. The zero-order valence-corrected chi connectivity index (χ0v) is 11.6. The molecule has 0 aliphatic rings. The molecular weight excluding hydrogens is 248 g/mol. The summed E-state index contributed by atoms with van der Waals surface area (Å²) in [6, 6.07) is 0. The molecule has 0 bridgehead atoms. The molecule has 1 N–H and O–H groups in total. The molecule has 0 aliphatic heterocycles. The molecule has 7 heteroatoms. The summed E-state index contributed by atoms with van der Waals surface area (Å²) in [4.78, 5) is 22.5. The lowest BCUT2D eigenvalue weighted by atomic mass is 10.2. The van der Waals surface area contributed by atoms with Crippen molar-refractivity contribution in [3.63, 3.8) is 0 Å². The summed E-state index contributed by atoms with van der Waals surface area (Å²) in [5, 5.41) is 10.5. The highest BCUT2D eigenvalue weighted by molar-refractivity contribution is 5.88. The molecule has 0 aromatic carbocycles. The largest absolute Gasteiger partial charge is 0.461 e. The van der Waals surface area contributed by atoms with Crippen LogP contribution in [0.25, 0.3) is 0 Å². The van der Waals surface area contributed by atoms with Crippen molar-refractivity contribution in [2.45, 2.75) is 40.2 Å². The van der Waals surface area contributed by atoms with Gasteiger partial charge in [0, 0.05) is 13.5 Å². The molecule has 0 fully saturated rings. The number of amides is 1. The third-order valence-corrected chi connectivity index (χ3v) is 2.49. The molecule has 0 saturated carbocycles. The number of carbonyl (C=O) groups is 2. The standard InChI is InChI=1S/C12H20N4O3/c1-4-6-10-11(12(18)19-5-2)14-15-16(10)8-7-13-9(3)17/h4-8H2,1-3H3,(H,13,17). The van der Waals surface area contributed by atoms with Crippen LogP contribution in [0.3, 0.4) is 0 Å². The average Bonchev–Trinajstić information content (AvgIpc) is 2.73. The van der Waals surface area contributed by atoms with Crippen molar-refractivity contribution in [1.29, 1.82) is 0 Å². The van der Waals surface area contributed by atoms with Gasteiger partial charge in [-0.3, -0.25) is 4.79 Å². The van der Waals surface area contributed by atoms with E-state index in [9.17, 15) is 9.59 Å². The first-order valence-corrected chi connectivity index (χ1v) is 6.44. The molecule has 0 radical (unpaired) electrons. The second-order valence-electron chi connectivity index (χ2n) is 4.06. The van der Waals surface area contributed by atoms with Crippen molar-refractivity contribution in [1.82, 2.24) is 20.3 Å². The lowest BCUT2D eigenvalue weighted by Crippen LogP contribution is -2.25. The maximum atomic E-state index is 11.7. The Kier molecular flexibility index (Phi) is 5.98. The molecule has 1 rings (SSSR count). The SMILES string of the molecule is CCCc1c(C(=O)OCC)nnn1CCNC(C)=O. The van der Waals surface area contributed by atoms with Crippen LogP contribution in [0.1, 0.15) is 43.4 Å². The Morgan fingerprint density at radius 3 is 2.68 bits per heavy atom. The number of nitrogens with one attached hydrogen (secondary N) is 1. The summed E-state index contributed by atoms with van der Waals surface area (Å²) in [6.07, 6.45) is 1.57. The van der Waals surface area contributed by atoms with Gasteiger partial charge >= 0.3 is 5.97 Å². The summed E-state index contributed by atoms with van der Waals surface area (Å²) in [7, 11) is 0. The minimum atomic E-state index is -0.447. The highest BCUT2D eigenvalue weighted by atomic mass is 16.5. The first kappa shape index (κ1) is 15.1. The topological polar surface area (TPSA) is 86.1 Å². The molecule has 0 aliphatic carbocycles. The van der Waals surface area contributed by atoms with Crippen molar-refractivity contribution in [2.24, 2.45) is 0 Å². The smallest absolute Gasteiger partial charge is 0.360 e. The number of carbonyl (C=O) groups excluding carboxylic acids is 2. The van der Waals surface area contributed by atoms with Gasteiger partial charge in [-0.2, -0.15) is 0 Å². The van der Waals surface area contributed by atoms with Crippen molar-refractivity contribution in [3.05, 3.63) is 11.4 Å². The molecule has 0 unspecified atom stereocenters. The van der Waals surface area contributed by atoms with Crippen molar-refractivity contribution >= 4 is 11.9 Å². The first-order valence-electron chi connectivity index (χ1n) is 6.44. The molecular formula is C12H20N4O3. The van der Waals surface area contributed by atoms with Crippen molar-refractivity contribution in [3.8, 4) is 0 Å². The number of hydrogen-bond donors (Lipinski definition) is 1. The fourth-order valence-electron chi connectivity index (χ4n) is 1.69. The fraction of sp³-hybridized carbons (Fsp3) is 0.667. The Balaban J connectivity index is 2.80. The maximum Gasteiger partial charge on any atom is 0.360 e. The van der Waals surface area contributed by atoms with E-state index in [-0.39, 0.29) is 11.6 Å². The highest BCUT2D eigenvalue weighted by Gasteiger charge is 2.19. The number of ether oxygens (including phenoxy) is 1. The van der Waals surface area contributed by atoms with E-state index in [4.69, 9.17) is 4.74 Å². The van der Waals surface area contributed by atoms with Crippen LogP contribution in [0.4, 0.5) is 0 Å². The van der Waals surface area contributed by atoms with Crippen LogP contribution in [-0.2, 0) is 22.5 Å². The molecule has 0 spiro atoms. The van der Waals surface area contributed by atoms with Gasteiger partial charge in [0.05, 0.1) is 18.8 Å². The van der Waals surface area contributed by atoms with Gasteiger partial charge in [-0.15, -0.1) is 5.10 Å². The van der Waals surface area contributed by atoms with Gasteiger partial charge in [-0.05, 0) is 13.3 Å². The van der Waals surface area contributed by atoms with Crippen LogP contribution in [0.15, 0.2) is 0 Å². The monoisotopic (exact) mass is 268 g/mol. The molecule has 19 heavy (non-hydrogen) atoms. The van der Waals surface area contributed by atoms with Crippen LogP contribution in [0.2, 0.25) is 0 Å². The predicted octanol–water partition coefficient (Wildman–Crippen LogP) is 0.543. The van der Waals surface area contributed by atoms with E-state index in [1.165, 1.54) is 6.92 Å². The summed E-state index contributed by atoms with van der Waals surface area (Å²) in [5.74, 6) is -0.542. The Morgan fingerprint density at radius 1 is 1.37 bits per heavy atom. The van der Waals surface area contributed by atoms with Gasteiger partial charge in [0.2, 0.25) is 5.91 Å². The fourth-order valence-corrected chi connectivity index (χ4v) is 1.69. The zero-order chi connectivity index (χ0) is 14.3. The number of nitrogens with zero attached hydrogens (tertiary/aromatic N) is 3. The van der Waals surface area contributed by atoms with E-state index >= 15 is 0 Å². The van der Waals surface area contributed by atoms with Gasteiger partial charge in [0.1, 0.15) is 0 Å². The summed E-state index contributed by atoms with van der Waals surface area (Å²) in [6.45, 7) is 6.47. The Labute approximate surface area is 112 Å². The molecule has 1 heterocycles. The zero-order valence-electron chi connectivity index (χ0n) is 11.6. The Bertz CT molecular complexity index is 442. The average molecular weight is 268 g/mol. The van der Waals surface area contributed by atoms with Crippen molar-refractivity contribution < 1.29 is 14.3 Å². The van der Waals surface area contributed by atoms with Crippen LogP contribution < -0.4 is 5.32 Å². The third kappa shape index (κ3) is 4.35. The van der Waals surface area contributed by atoms with Gasteiger partial charge in [-0.1, -0.05) is 18.6 Å². The van der Waals surface area contributed by atoms with E-state index in [2.05, 4.69) is 15.6 Å². The molecule has 1 aromatic heterocycles. The van der Waals surface area contributed by atoms with E-state index in [1.807, 2.05) is 6.92 Å². The van der Waals surface area contributed by atoms with Gasteiger partial charge in [-0.25, -0.2) is 9.48 Å². The number of esters is 1. The minimum absolute atomic E-state index is 0.0947. The number of hydrogen-bond acceptors (Lipinski definition) is 5. The Morgan fingerprint density at radius 2 is 2.11 bits per heavy atom. The van der Waals surface area contributed by atoms with Gasteiger partial charge in [0.15, 0.2) is 5.69 Å².